The number of hydrogen-bond donors (Lipinski definition) is 2. The average molecular weight is 329 g/mol. The predicted octanol–water partition coefficient (Wildman–Crippen LogP) is 3.34. The monoisotopic (exact) mass is 329 g/mol. The lowest BCUT2D eigenvalue weighted by atomic mass is 10.1. The highest BCUT2D eigenvalue weighted by Gasteiger charge is 2.19. The topological polar surface area (TPSA) is 75.6 Å². The molecule has 0 saturated heterocycles. The Hall–Kier alpha value is -1.10. The zero-order chi connectivity index (χ0) is 17.3. The molecule has 5 nitrogen and oxygen atoms in total. The van der Waals surface area contributed by atoms with Crippen LogP contribution in [0.15, 0.2) is 0 Å². The van der Waals surface area contributed by atoms with Gasteiger partial charge in [-0.1, -0.05) is 71.1 Å². The number of aliphatic hydroxyl groups excluding tert-OH is 1. The van der Waals surface area contributed by atoms with Crippen LogP contribution in [0, 0.1) is 0 Å². The first kappa shape index (κ1) is 21.9. The van der Waals surface area contributed by atoms with Crippen LogP contribution >= 0.6 is 0 Å². The van der Waals surface area contributed by atoms with Crippen molar-refractivity contribution in [3.63, 3.8) is 0 Å². The molecule has 0 spiro atoms. The number of carbonyl (C=O) groups excluding carboxylic acids is 2. The summed E-state index contributed by atoms with van der Waals surface area (Å²) in [5.41, 5.74) is 0. The highest BCUT2D eigenvalue weighted by molar-refractivity contribution is 5.84. The van der Waals surface area contributed by atoms with Crippen molar-refractivity contribution < 1.29 is 19.4 Å². The minimum Gasteiger partial charge on any atom is -0.467 e. The third kappa shape index (κ3) is 13.1. The first-order valence-corrected chi connectivity index (χ1v) is 9.13. The maximum atomic E-state index is 11.7. The molecular formula is C18H35NO4. The number of nitrogens with one attached hydrogen (secondary N) is 1. The molecule has 1 atom stereocenters. The summed E-state index contributed by atoms with van der Waals surface area (Å²) < 4.78 is 4.50. The molecule has 0 aromatic heterocycles. The van der Waals surface area contributed by atoms with Crippen molar-refractivity contribution in [2.45, 2.75) is 90.0 Å². The van der Waals surface area contributed by atoms with Gasteiger partial charge in [-0.25, -0.2) is 4.79 Å². The van der Waals surface area contributed by atoms with Gasteiger partial charge in [0.05, 0.1) is 13.7 Å². The second-order valence-electron chi connectivity index (χ2n) is 6.11. The third-order valence-corrected chi connectivity index (χ3v) is 4.01. The van der Waals surface area contributed by atoms with Gasteiger partial charge in [0.1, 0.15) is 0 Å². The number of methoxy groups -OCH3 is 1. The van der Waals surface area contributed by atoms with Gasteiger partial charge in [-0.15, -0.1) is 0 Å². The zero-order valence-electron chi connectivity index (χ0n) is 14.9. The standard InChI is InChI=1S/C18H35NO4/c1-3-4-5-6-7-8-9-10-11-12-13-14-17(21)19-16(15-20)18(22)23-2/h16,20H,3-15H2,1-2H3,(H,19,21). The second-order valence-corrected chi connectivity index (χ2v) is 6.11. The van der Waals surface area contributed by atoms with Crippen LogP contribution in [0.5, 0.6) is 0 Å². The van der Waals surface area contributed by atoms with E-state index in [2.05, 4.69) is 17.0 Å². The summed E-state index contributed by atoms with van der Waals surface area (Å²) in [5, 5.41) is 11.5. The van der Waals surface area contributed by atoms with Crippen LogP contribution in [0.1, 0.15) is 84.0 Å². The molecule has 0 aliphatic carbocycles. The third-order valence-electron chi connectivity index (χ3n) is 4.01. The van der Waals surface area contributed by atoms with Crippen molar-refractivity contribution >= 4 is 11.9 Å². The van der Waals surface area contributed by atoms with E-state index in [1.54, 1.807) is 0 Å². The lowest BCUT2D eigenvalue weighted by Crippen LogP contribution is -2.43. The van der Waals surface area contributed by atoms with Gasteiger partial charge in [0.25, 0.3) is 0 Å². The molecule has 0 heterocycles. The van der Waals surface area contributed by atoms with Crippen molar-refractivity contribution in [2.24, 2.45) is 0 Å². The minimum atomic E-state index is -0.944. The van der Waals surface area contributed by atoms with Crippen LogP contribution in [0.3, 0.4) is 0 Å². The summed E-state index contributed by atoms with van der Waals surface area (Å²) in [6.45, 7) is 1.80. The van der Waals surface area contributed by atoms with Gasteiger partial charge >= 0.3 is 5.97 Å². The molecule has 136 valence electrons. The average Bonchev–Trinajstić information content (AvgIpc) is 2.56. The van der Waals surface area contributed by atoms with Crippen molar-refractivity contribution in [1.82, 2.24) is 5.32 Å². The Kier molecular flexibility index (Phi) is 15.0. The van der Waals surface area contributed by atoms with E-state index in [9.17, 15) is 9.59 Å². The van der Waals surface area contributed by atoms with E-state index in [4.69, 9.17) is 5.11 Å². The first-order chi connectivity index (χ1) is 11.2. The highest BCUT2D eigenvalue weighted by Crippen LogP contribution is 2.11. The van der Waals surface area contributed by atoms with Gasteiger partial charge < -0.3 is 15.2 Å². The fourth-order valence-electron chi connectivity index (χ4n) is 2.54. The van der Waals surface area contributed by atoms with Gasteiger partial charge in [0, 0.05) is 6.42 Å². The zero-order valence-corrected chi connectivity index (χ0v) is 14.9. The summed E-state index contributed by atoms with van der Waals surface area (Å²) in [7, 11) is 1.24. The summed E-state index contributed by atoms with van der Waals surface area (Å²) in [6, 6.07) is -0.944. The molecule has 0 bridgehead atoms. The number of esters is 1. The molecule has 0 fully saturated rings. The Morgan fingerprint density at radius 2 is 1.39 bits per heavy atom. The smallest absolute Gasteiger partial charge is 0.330 e. The molecule has 0 saturated carbocycles. The van der Waals surface area contributed by atoms with E-state index in [1.807, 2.05) is 0 Å². The van der Waals surface area contributed by atoms with E-state index < -0.39 is 18.6 Å². The number of ether oxygens (including phenoxy) is 1. The summed E-state index contributed by atoms with van der Waals surface area (Å²) in [6.07, 6.45) is 14.0. The number of amides is 1. The van der Waals surface area contributed by atoms with Crippen LogP contribution in [0.25, 0.3) is 0 Å². The van der Waals surface area contributed by atoms with Gasteiger partial charge in [-0.05, 0) is 6.42 Å². The summed E-state index contributed by atoms with van der Waals surface area (Å²) in [4.78, 5) is 22.9. The number of carbonyl (C=O) groups is 2. The molecule has 0 aliphatic rings. The molecular weight excluding hydrogens is 294 g/mol. The largest absolute Gasteiger partial charge is 0.467 e. The molecule has 0 radical (unpaired) electrons. The Morgan fingerprint density at radius 1 is 0.913 bits per heavy atom. The van der Waals surface area contributed by atoms with E-state index >= 15 is 0 Å². The van der Waals surface area contributed by atoms with E-state index in [0.29, 0.717) is 6.42 Å². The Labute approximate surface area is 141 Å². The van der Waals surface area contributed by atoms with E-state index in [-0.39, 0.29) is 5.91 Å². The van der Waals surface area contributed by atoms with Crippen molar-refractivity contribution in [3.8, 4) is 0 Å². The van der Waals surface area contributed by atoms with Gasteiger partial charge in [0.15, 0.2) is 6.04 Å². The van der Waals surface area contributed by atoms with Gasteiger partial charge in [-0.3, -0.25) is 4.79 Å². The molecule has 0 aromatic rings. The highest BCUT2D eigenvalue weighted by atomic mass is 16.5. The Morgan fingerprint density at radius 3 is 1.83 bits per heavy atom. The number of rotatable bonds is 15. The molecule has 1 amide bonds. The van der Waals surface area contributed by atoms with Crippen LogP contribution < -0.4 is 5.32 Å². The number of unbranched alkanes of at least 4 members (excludes halogenated alkanes) is 10. The number of hydrogen-bond acceptors (Lipinski definition) is 4. The Bertz CT molecular complexity index is 307. The second kappa shape index (κ2) is 15.8. The van der Waals surface area contributed by atoms with Crippen molar-refractivity contribution in [1.29, 1.82) is 0 Å². The molecule has 2 N–H and O–H groups in total. The maximum Gasteiger partial charge on any atom is 0.330 e. The van der Waals surface area contributed by atoms with Crippen LogP contribution in [-0.4, -0.2) is 36.7 Å². The first-order valence-electron chi connectivity index (χ1n) is 9.13. The molecule has 5 heteroatoms. The maximum absolute atomic E-state index is 11.7. The molecule has 0 aromatic carbocycles. The van der Waals surface area contributed by atoms with E-state index in [1.165, 1.54) is 58.5 Å². The predicted molar refractivity (Wildman–Crippen MR) is 92.1 cm³/mol. The fraction of sp³-hybridized carbons (Fsp3) is 0.889. The SMILES string of the molecule is CCCCCCCCCCCCCC(=O)NC(CO)C(=O)OC. The van der Waals surface area contributed by atoms with E-state index in [0.717, 1.165) is 19.3 Å². The Balaban J connectivity index is 3.43. The molecule has 0 aliphatic heterocycles. The van der Waals surface area contributed by atoms with Crippen LogP contribution in [0.2, 0.25) is 0 Å². The van der Waals surface area contributed by atoms with Crippen molar-refractivity contribution in [2.75, 3.05) is 13.7 Å². The lowest BCUT2D eigenvalue weighted by molar-refractivity contribution is -0.146. The fourth-order valence-corrected chi connectivity index (χ4v) is 2.54. The molecule has 0 rings (SSSR count). The molecule has 1 unspecified atom stereocenters. The quantitative estimate of drug-likeness (QED) is 0.357. The lowest BCUT2D eigenvalue weighted by Gasteiger charge is -2.13. The van der Waals surface area contributed by atoms with Gasteiger partial charge in [0.2, 0.25) is 5.91 Å². The summed E-state index contributed by atoms with van der Waals surface area (Å²) in [5.74, 6) is -0.815. The van der Waals surface area contributed by atoms with Gasteiger partial charge in [-0.2, -0.15) is 0 Å². The minimum absolute atomic E-state index is 0.203. The number of aliphatic hydroxyl groups is 1. The normalized spacial score (nSPS) is 12.0. The van der Waals surface area contributed by atoms with Crippen LogP contribution in [0.4, 0.5) is 0 Å². The summed E-state index contributed by atoms with van der Waals surface area (Å²) >= 11 is 0. The molecule has 23 heavy (non-hydrogen) atoms. The van der Waals surface area contributed by atoms with Crippen LogP contribution in [-0.2, 0) is 14.3 Å². The van der Waals surface area contributed by atoms with Crippen molar-refractivity contribution in [3.05, 3.63) is 0 Å².